The van der Waals surface area contributed by atoms with Gasteiger partial charge in [-0.3, -0.25) is 14.4 Å². The number of amides is 2. The van der Waals surface area contributed by atoms with E-state index >= 15 is 0 Å². The first kappa shape index (κ1) is 22.1. The summed E-state index contributed by atoms with van der Waals surface area (Å²) in [5.74, 6) is -0.0903. The number of benzene rings is 3. The van der Waals surface area contributed by atoms with E-state index in [2.05, 4.69) is 0 Å². The number of carbonyl (C=O) groups is 2. The van der Waals surface area contributed by atoms with Crippen LogP contribution in [-0.4, -0.2) is 36.9 Å². The molecule has 1 aromatic heterocycles. The van der Waals surface area contributed by atoms with E-state index < -0.39 is 11.4 Å². The summed E-state index contributed by atoms with van der Waals surface area (Å²) in [6.07, 6.45) is 0.487. The van der Waals surface area contributed by atoms with Gasteiger partial charge in [-0.25, -0.2) is 0 Å². The Bertz CT molecular complexity index is 1590. The Balaban J connectivity index is 1.58. The summed E-state index contributed by atoms with van der Waals surface area (Å²) in [5, 5.41) is 0.348. The number of rotatable bonds is 5. The van der Waals surface area contributed by atoms with Crippen LogP contribution in [0.1, 0.15) is 34.2 Å². The zero-order valence-electron chi connectivity index (χ0n) is 20.0. The molecule has 2 aliphatic rings. The van der Waals surface area contributed by atoms with Crippen molar-refractivity contribution < 1.29 is 18.7 Å². The molecule has 4 aromatic rings. The number of fused-ring (bicyclic) bond motifs is 5. The molecule has 0 saturated carbocycles. The van der Waals surface area contributed by atoms with Gasteiger partial charge in [0.2, 0.25) is 5.76 Å². The van der Waals surface area contributed by atoms with Crippen molar-refractivity contribution in [3.8, 4) is 5.75 Å². The lowest BCUT2D eigenvalue weighted by Gasteiger charge is -2.34. The maximum absolute atomic E-state index is 14.3. The van der Waals surface area contributed by atoms with Crippen molar-refractivity contribution in [3.63, 3.8) is 0 Å². The predicted molar refractivity (Wildman–Crippen MR) is 135 cm³/mol. The van der Waals surface area contributed by atoms with Crippen molar-refractivity contribution >= 4 is 28.5 Å². The highest BCUT2D eigenvalue weighted by Crippen LogP contribution is 2.52. The monoisotopic (exact) mass is 480 g/mol. The molecule has 2 aliphatic heterocycles. The van der Waals surface area contributed by atoms with Crippen molar-refractivity contribution in [3.05, 3.63) is 105 Å². The molecule has 3 heterocycles. The van der Waals surface area contributed by atoms with E-state index in [4.69, 9.17) is 9.15 Å². The fourth-order valence-corrected chi connectivity index (χ4v) is 5.58. The number of likely N-dealkylation sites (N-methyl/N-ethyl adjacent to an activating group) is 1. The number of hydrogen-bond donors (Lipinski definition) is 0. The lowest BCUT2D eigenvalue weighted by Crippen LogP contribution is -2.54. The van der Waals surface area contributed by atoms with Crippen molar-refractivity contribution in [1.82, 2.24) is 4.90 Å². The first-order valence-corrected chi connectivity index (χ1v) is 11.9. The molecule has 180 valence electrons. The Morgan fingerprint density at radius 1 is 0.917 bits per heavy atom. The average molecular weight is 481 g/mol. The second-order valence-corrected chi connectivity index (χ2v) is 8.96. The van der Waals surface area contributed by atoms with E-state index in [0.717, 1.165) is 11.3 Å². The molecule has 1 spiro atoms. The third kappa shape index (κ3) is 2.83. The third-order valence-corrected chi connectivity index (χ3v) is 7.24. The van der Waals surface area contributed by atoms with Gasteiger partial charge in [0.15, 0.2) is 11.0 Å². The van der Waals surface area contributed by atoms with Gasteiger partial charge in [0, 0.05) is 18.7 Å². The quantitative estimate of drug-likeness (QED) is 0.430. The highest BCUT2D eigenvalue weighted by molar-refractivity contribution is 6.17. The van der Waals surface area contributed by atoms with E-state index in [0.29, 0.717) is 35.2 Å². The summed E-state index contributed by atoms with van der Waals surface area (Å²) in [5.41, 5.74) is 0.811. The summed E-state index contributed by atoms with van der Waals surface area (Å²) in [7, 11) is 1.61. The fraction of sp³-hybridized carbons (Fsp3) is 0.207. The van der Waals surface area contributed by atoms with Crippen LogP contribution in [-0.2, 0) is 16.8 Å². The molecular weight excluding hydrogens is 456 g/mol. The topological polar surface area (TPSA) is 80.1 Å². The number of anilines is 1. The van der Waals surface area contributed by atoms with Gasteiger partial charge < -0.3 is 19.0 Å². The summed E-state index contributed by atoms with van der Waals surface area (Å²) in [6.45, 7) is 2.52. The standard InChI is InChI=1S/C29H24N2O5/c1-3-30-22-10-6-5-9-21(22)29(28(30)34)24-25(32)20-8-4-7-11-23(20)36-26(24)27(33)31(29)17-16-18-12-14-19(35-2)15-13-18/h4-15H,3,16-17H2,1-2H3/t29-/m0/s1. The highest BCUT2D eigenvalue weighted by Gasteiger charge is 2.64. The van der Waals surface area contributed by atoms with Crippen LogP contribution in [0.2, 0.25) is 0 Å². The Labute approximate surface area is 207 Å². The molecule has 0 unspecified atom stereocenters. The van der Waals surface area contributed by atoms with Gasteiger partial charge >= 0.3 is 0 Å². The Kier molecular flexibility index (Phi) is 4.96. The van der Waals surface area contributed by atoms with Crippen LogP contribution in [0.5, 0.6) is 5.75 Å². The normalized spacial score (nSPS) is 18.3. The SMILES string of the molecule is CCN1C(=O)[C@]2(c3ccccc31)c1c(oc3ccccc3c1=O)C(=O)N2CCc1ccc(OC)cc1. The molecular formula is C29H24N2O5. The van der Waals surface area contributed by atoms with Crippen LogP contribution >= 0.6 is 0 Å². The zero-order chi connectivity index (χ0) is 25.0. The van der Waals surface area contributed by atoms with Crippen LogP contribution in [0.15, 0.2) is 82.0 Å². The molecule has 0 fully saturated rings. The Morgan fingerprint density at radius 2 is 1.64 bits per heavy atom. The minimum Gasteiger partial charge on any atom is -0.497 e. The summed E-state index contributed by atoms with van der Waals surface area (Å²) >= 11 is 0. The molecule has 2 amide bonds. The van der Waals surface area contributed by atoms with Gasteiger partial charge in [-0.05, 0) is 49.2 Å². The first-order valence-electron chi connectivity index (χ1n) is 11.9. The van der Waals surface area contributed by atoms with Crippen molar-refractivity contribution in [2.45, 2.75) is 18.9 Å². The smallest absolute Gasteiger partial charge is 0.291 e. The molecule has 0 radical (unpaired) electrons. The summed E-state index contributed by atoms with van der Waals surface area (Å²) in [6, 6.07) is 21.8. The number of para-hydroxylation sites is 2. The maximum atomic E-state index is 14.3. The van der Waals surface area contributed by atoms with Crippen molar-refractivity contribution in [1.29, 1.82) is 0 Å². The summed E-state index contributed by atoms with van der Waals surface area (Å²) < 4.78 is 11.3. The number of hydrogen-bond acceptors (Lipinski definition) is 5. The fourth-order valence-electron chi connectivity index (χ4n) is 5.58. The lowest BCUT2D eigenvalue weighted by molar-refractivity contribution is -0.126. The van der Waals surface area contributed by atoms with E-state index in [1.807, 2.05) is 55.5 Å². The van der Waals surface area contributed by atoms with E-state index in [1.165, 1.54) is 4.90 Å². The Hall–Kier alpha value is -4.39. The minimum atomic E-state index is -1.57. The highest BCUT2D eigenvalue weighted by atomic mass is 16.5. The summed E-state index contributed by atoms with van der Waals surface area (Å²) in [4.78, 5) is 45.3. The molecule has 0 aliphatic carbocycles. The molecule has 1 atom stereocenters. The van der Waals surface area contributed by atoms with Crippen molar-refractivity contribution in [2.75, 3.05) is 25.1 Å². The van der Waals surface area contributed by atoms with Gasteiger partial charge in [0.1, 0.15) is 11.3 Å². The van der Waals surface area contributed by atoms with Gasteiger partial charge in [-0.1, -0.05) is 42.5 Å². The average Bonchev–Trinajstić information content (AvgIpc) is 3.31. The Morgan fingerprint density at radius 3 is 2.39 bits per heavy atom. The number of methoxy groups -OCH3 is 1. The molecule has 0 N–H and O–H groups in total. The first-order chi connectivity index (χ1) is 17.5. The van der Waals surface area contributed by atoms with Gasteiger partial charge in [0.25, 0.3) is 11.8 Å². The van der Waals surface area contributed by atoms with E-state index in [-0.39, 0.29) is 29.2 Å². The van der Waals surface area contributed by atoms with Crippen molar-refractivity contribution in [2.24, 2.45) is 0 Å². The molecule has 0 bridgehead atoms. The minimum absolute atomic E-state index is 0.0606. The lowest BCUT2D eigenvalue weighted by atomic mass is 9.83. The van der Waals surface area contributed by atoms with Gasteiger partial charge in [-0.2, -0.15) is 0 Å². The van der Waals surface area contributed by atoms with E-state index in [1.54, 1.807) is 36.3 Å². The maximum Gasteiger partial charge on any atom is 0.291 e. The number of ether oxygens (including phenoxy) is 1. The molecule has 7 heteroatoms. The second kappa shape index (κ2) is 8.09. The molecule has 36 heavy (non-hydrogen) atoms. The number of carbonyl (C=O) groups excluding carboxylic acids is 2. The van der Waals surface area contributed by atoms with Crippen LogP contribution in [0, 0.1) is 0 Å². The van der Waals surface area contributed by atoms with Crippen LogP contribution < -0.4 is 15.1 Å². The van der Waals surface area contributed by atoms with Crippen LogP contribution in [0.4, 0.5) is 5.69 Å². The van der Waals surface area contributed by atoms with Crippen LogP contribution in [0.25, 0.3) is 11.0 Å². The third-order valence-electron chi connectivity index (χ3n) is 7.24. The zero-order valence-corrected chi connectivity index (χ0v) is 20.0. The predicted octanol–water partition coefficient (Wildman–Crippen LogP) is 4.11. The molecule has 0 saturated heterocycles. The second-order valence-electron chi connectivity index (χ2n) is 8.96. The molecule has 6 rings (SSSR count). The van der Waals surface area contributed by atoms with Gasteiger partial charge in [0.05, 0.1) is 23.7 Å². The van der Waals surface area contributed by atoms with E-state index in [9.17, 15) is 14.4 Å². The number of nitrogens with zero attached hydrogens (tertiary/aromatic N) is 2. The van der Waals surface area contributed by atoms with Crippen LogP contribution in [0.3, 0.4) is 0 Å². The largest absolute Gasteiger partial charge is 0.497 e. The van der Waals surface area contributed by atoms with Gasteiger partial charge in [-0.15, -0.1) is 0 Å². The molecule has 7 nitrogen and oxygen atoms in total. The molecule has 3 aromatic carbocycles.